The van der Waals surface area contributed by atoms with E-state index in [1.807, 2.05) is 0 Å². The van der Waals surface area contributed by atoms with Crippen LogP contribution in [-0.4, -0.2) is 67.2 Å². The number of likely N-dealkylation sites (N-methyl/N-ethyl adjacent to an activating group) is 1. The lowest BCUT2D eigenvalue weighted by atomic mass is 10.3. The second-order valence-corrected chi connectivity index (χ2v) is 3.86. The molecule has 0 spiro atoms. The Morgan fingerprint density at radius 1 is 1.40 bits per heavy atom. The Hall–Kier alpha value is -0.490. The van der Waals surface area contributed by atoms with Crippen molar-refractivity contribution < 1.29 is 9.90 Å². The molecule has 1 aliphatic rings. The van der Waals surface area contributed by atoms with Crippen LogP contribution in [0.2, 0.25) is 0 Å². The van der Waals surface area contributed by atoms with Crippen molar-refractivity contribution in [2.24, 2.45) is 5.73 Å². The number of piperazine rings is 1. The van der Waals surface area contributed by atoms with Gasteiger partial charge in [0.15, 0.2) is 0 Å². The fraction of sp³-hybridized carbons (Fsp3) is 0.900. The van der Waals surface area contributed by atoms with Crippen LogP contribution in [0.3, 0.4) is 0 Å². The van der Waals surface area contributed by atoms with Crippen LogP contribution in [0.4, 0.5) is 0 Å². The summed E-state index contributed by atoms with van der Waals surface area (Å²) >= 11 is 0. The largest absolute Gasteiger partial charge is 0.393 e. The van der Waals surface area contributed by atoms with E-state index in [2.05, 4.69) is 16.8 Å². The lowest BCUT2D eigenvalue weighted by Gasteiger charge is -2.30. The quantitative estimate of drug-likeness (QED) is 0.600. The van der Waals surface area contributed by atoms with Crippen LogP contribution in [0.15, 0.2) is 0 Å². The van der Waals surface area contributed by atoms with Crippen LogP contribution in [0, 0.1) is 0 Å². The van der Waals surface area contributed by atoms with Crippen molar-refractivity contribution in [3.63, 3.8) is 0 Å². The Kier molecular flexibility index (Phi) is 8.50. The molecule has 1 atom stereocenters. The molecule has 1 rings (SSSR count). The Bertz CT molecular complexity index is 157. The van der Waals surface area contributed by atoms with Crippen molar-refractivity contribution in [2.45, 2.75) is 19.4 Å². The van der Waals surface area contributed by atoms with E-state index in [1.54, 1.807) is 6.92 Å². The first-order valence-corrected chi connectivity index (χ1v) is 5.32. The molecular formula is C10H23N3O2. The van der Waals surface area contributed by atoms with Gasteiger partial charge in [-0.2, -0.15) is 0 Å². The maximum Gasteiger partial charge on any atom is 0.122 e. The van der Waals surface area contributed by atoms with Gasteiger partial charge in [0, 0.05) is 39.3 Å². The highest BCUT2D eigenvalue weighted by Crippen LogP contribution is 1.95. The van der Waals surface area contributed by atoms with Crippen LogP contribution >= 0.6 is 0 Å². The molecule has 0 aliphatic carbocycles. The summed E-state index contributed by atoms with van der Waals surface area (Å²) in [6.07, 6.45) is 0.479. The van der Waals surface area contributed by atoms with Crippen molar-refractivity contribution in [1.29, 1.82) is 0 Å². The van der Waals surface area contributed by atoms with E-state index >= 15 is 0 Å². The van der Waals surface area contributed by atoms with Crippen molar-refractivity contribution in [3.05, 3.63) is 0 Å². The van der Waals surface area contributed by atoms with Gasteiger partial charge < -0.3 is 20.5 Å². The molecule has 5 nitrogen and oxygen atoms in total. The van der Waals surface area contributed by atoms with Gasteiger partial charge in [-0.3, -0.25) is 4.90 Å². The Balaban J connectivity index is 0.000000288. The lowest BCUT2D eigenvalue weighted by Crippen LogP contribution is -2.46. The summed E-state index contributed by atoms with van der Waals surface area (Å²) in [6, 6.07) is 0. The van der Waals surface area contributed by atoms with Crippen LogP contribution < -0.4 is 5.73 Å². The average Bonchev–Trinajstić information content (AvgIpc) is 2.20. The van der Waals surface area contributed by atoms with E-state index in [0.717, 1.165) is 26.2 Å². The van der Waals surface area contributed by atoms with Gasteiger partial charge >= 0.3 is 0 Å². The number of carbonyl (C=O) groups excluding carboxylic acids is 1. The minimum absolute atomic E-state index is 0.250. The molecule has 0 aromatic carbocycles. The van der Waals surface area contributed by atoms with Gasteiger partial charge in [-0.05, 0) is 14.0 Å². The Morgan fingerprint density at radius 2 is 1.93 bits per heavy atom. The predicted octanol–water partition coefficient (Wildman–Crippen LogP) is -0.894. The second-order valence-electron chi connectivity index (χ2n) is 3.86. The first-order chi connectivity index (χ1) is 7.10. The van der Waals surface area contributed by atoms with E-state index in [4.69, 9.17) is 10.8 Å². The molecular weight excluding hydrogens is 194 g/mol. The standard InChI is InChI=1S/C6H15N3.C4H8O2/c1-8-2-4-9(6-7)5-3-8;1-4(6)2-3-5/h2-7H2,1H3;3-4,6H,2H2,1H3. The van der Waals surface area contributed by atoms with Crippen molar-refractivity contribution >= 4 is 6.29 Å². The summed E-state index contributed by atoms with van der Waals surface area (Å²) in [5.74, 6) is 0. The number of hydrogen-bond donors (Lipinski definition) is 2. The first-order valence-electron chi connectivity index (χ1n) is 5.32. The van der Waals surface area contributed by atoms with E-state index in [-0.39, 0.29) is 6.42 Å². The molecule has 90 valence electrons. The SMILES string of the molecule is CC(O)CC=O.CN1CCN(CN)CC1. The van der Waals surface area contributed by atoms with Gasteiger partial charge in [-0.1, -0.05) is 0 Å². The Labute approximate surface area is 91.8 Å². The zero-order valence-corrected chi connectivity index (χ0v) is 9.72. The molecule has 3 N–H and O–H groups in total. The molecule has 1 aliphatic heterocycles. The number of aliphatic hydroxyl groups excluding tert-OH is 1. The minimum atomic E-state index is -0.470. The highest BCUT2D eigenvalue weighted by molar-refractivity contribution is 5.49. The smallest absolute Gasteiger partial charge is 0.122 e. The zero-order valence-electron chi connectivity index (χ0n) is 9.72. The van der Waals surface area contributed by atoms with Crippen LogP contribution in [0.5, 0.6) is 0 Å². The second kappa shape index (κ2) is 8.79. The average molecular weight is 217 g/mol. The van der Waals surface area contributed by atoms with Crippen molar-refractivity contribution in [2.75, 3.05) is 39.9 Å². The molecule has 0 aromatic rings. The molecule has 0 radical (unpaired) electrons. The number of nitrogens with two attached hydrogens (primary N) is 1. The molecule has 0 amide bonds. The monoisotopic (exact) mass is 217 g/mol. The lowest BCUT2D eigenvalue weighted by molar-refractivity contribution is -0.109. The van der Waals surface area contributed by atoms with E-state index < -0.39 is 6.10 Å². The normalized spacial score (nSPS) is 20.3. The van der Waals surface area contributed by atoms with E-state index in [0.29, 0.717) is 13.0 Å². The number of carbonyl (C=O) groups is 1. The van der Waals surface area contributed by atoms with Crippen LogP contribution in [-0.2, 0) is 4.79 Å². The number of aliphatic hydroxyl groups is 1. The minimum Gasteiger partial charge on any atom is -0.393 e. The summed E-state index contributed by atoms with van der Waals surface area (Å²) in [7, 11) is 2.15. The third-order valence-electron chi connectivity index (χ3n) is 2.29. The summed E-state index contributed by atoms with van der Waals surface area (Å²) in [5.41, 5.74) is 5.46. The number of rotatable bonds is 3. The summed E-state index contributed by atoms with van der Waals surface area (Å²) in [4.78, 5) is 14.0. The first kappa shape index (κ1) is 14.5. The third-order valence-corrected chi connectivity index (χ3v) is 2.29. The predicted molar refractivity (Wildman–Crippen MR) is 60.5 cm³/mol. The fourth-order valence-electron chi connectivity index (χ4n) is 1.17. The maximum atomic E-state index is 9.46. The number of nitrogens with zero attached hydrogens (tertiary/aromatic N) is 2. The van der Waals surface area contributed by atoms with E-state index in [9.17, 15) is 4.79 Å². The van der Waals surface area contributed by atoms with Gasteiger partial charge in [-0.25, -0.2) is 0 Å². The van der Waals surface area contributed by atoms with Gasteiger partial charge in [0.25, 0.3) is 0 Å². The van der Waals surface area contributed by atoms with Gasteiger partial charge in [-0.15, -0.1) is 0 Å². The van der Waals surface area contributed by atoms with Crippen LogP contribution in [0.25, 0.3) is 0 Å². The maximum absolute atomic E-state index is 9.46. The molecule has 1 unspecified atom stereocenters. The van der Waals surface area contributed by atoms with Crippen molar-refractivity contribution in [1.82, 2.24) is 9.80 Å². The number of aldehydes is 1. The van der Waals surface area contributed by atoms with Crippen molar-refractivity contribution in [3.8, 4) is 0 Å². The molecule has 5 heteroatoms. The molecule has 0 bridgehead atoms. The van der Waals surface area contributed by atoms with Crippen LogP contribution in [0.1, 0.15) is 13.3 Å². The van der Waals surface area contributed by atoms with Gasteiger partial charge in [0.2, 0.25) is 0 Å². The molecule has 15 heavy (non-hydrogen) atoms. The Morgan fingerprint density at radius 3 is 2.20 bits per heavy atom. The third kappa shape index (κ3) is 8.50. The van der Waals surface area contributed by atoms with Gasteiger partial charge in [0.05, 0.1) is 6.10 Å². The molecule has 0 saturated carbocycles. The molecule has 1 saturated heterocycles. The summed E-state index contributed by atoms with van der Waals surface area (Å²) in [6.45, 7) is 6.89. The fourth-order valence-corrected chi connectivity index (χ4v) is 1.17. The van der Waals surface area contributed by atoms with E-state index in [1.165, 1.54) is 0 Å². The molecule has 0 aromatic heterocycles. The summed E-state index contributed by atoms with van der Waals surface area (Å²) in [5, 5.41) is 8.32. The molecule has 1 fully saturated rings. The van der Waals surface area contributed by atoms with Gasteiger partial charge in [0.1, 0.15) is 6.29 Å². The summed E-state index contributed by atoms with van der Waals surface area (Å²) < 4.78 is 0. The highest BCUT2D eigenvalue weighted by atomic mass is 16.3. The topological polar surface area (TPSA) is 69.8 Å². The number of hydrogen-bond acceptors (Lipinski definition) is 5. The highest BCUT2D eigenvalue weighted by Gasteiger charge is 2.10. The zero-order chi connectivity index (χ0) is 11.7. The molecule has 1 heterocycles.